The number of amides is 1. The number of ether oxygens (including phenoxy) is 2. The summed E-state index contributed by atoms with van der Waals surface area (Å²) in [6.45, 7) is 4.43. The van der Waals surface area contributed by atoms with E-state index in [0.29, 0.717) is 30.9 Å². The molecule has 3 aromatic rings. The van der Waals surface area contributed by atoms with E-state index < -0.39 is 27.8 Å². The number of likely N-dealkylation sites (tertiary alicyclic amines) is 1. The first-order chi connectivity index (χ1) is 20.5. The highest BCUT2D eigenvalue weighted by atomic mass is 32.2. The number of benzene rings is 3. The summed E-state index contributed by atoms with van der Waals surface area (Å²) >= 11 is 0. The Morgan fingerprint density at radius 1 is 1.02 bits per heavy atom. The molecule has 0 radical (unpaired) electrons. The third-order valence-electron chi connectivity index (χ3n) is 7.71. The SMILES string of the molecule is COC[C@H]1C[C@H](OCc2ccccc2)CN1Cc1ccc(C(=O)N[C@@H](CCS(C)(=O)=O)C(=O)O)c(-c2ccccc2C)c1. The fourth-order valence-electron chi connectivity index (χ4n) is 5.45. The Morgan fingerprint density at radius 2 is 1.74 bits per heavy atom. The van der Waals surface area contributed by atoms with E-state index in [0.717, 1.165) is 41.5 Å². The first-order valence-electron chi connectivity index (χ1n) is 14.3. The summed E-state index contributed by atoms with van der Waals surface area (Å²) < 4.78 is 35.0. The van der Waals surface area contributed by atoms with Gasteiger partial charge in [-0.15, -0.1) is 0 Å². The Labute approximate surface area is 253 Å². The number of nitrogens with zero attached hydrogens (tertiary/aromatic N) is 1. The number of carboxylic acids is 1. The van der Waals surface area contributed by atoms with Gasteiger partial charge in [0.25, 0.3) is 5.91 Å². The van der Waals surface area contributed by atoms with Gasteiger partial charge < -0.3 is 19.9 Å². The first kappa shape index (κ1) is 32.3. The number of hydrogen-bond donors (Lipinski definition) is 2. The van der Waals surface area contributed by atoms with Crippen molar-refractivity contribution in [3.05, 3.63) is 95.1 Å². The minimum Gasteiger partial charge on any atom is -0.480 e. The molecule has 1 aliphatic rings. The molecule has 0 saturated carbocycles. The monoisotopic (exact) mass is 608 g/mol. The minimum atomic E-state index is -3.40. The quantitative estimate of drug-likeness (QED) is 0.281. The second-order valence-electron chi connectivity index (χ2n) is 11.2. The van der Waals surface area contributed by atoms with Crippen molar-refractivity contribution < 1.29 is 32.6 Å². The normalized spacial score (nSPS) is 17.9. The van der Waals surface area contributed by atoms with Gasteiger partial charge in [-0.3, -0.25) is 9.69 Å². The molecule has 0 aliphatic carbocycles. The number of carbonyl (C=O) groups is 2. The van der Waals surface area contributed by atoms with E-state index in [1.54, 1.807) is 13.2 Å². The first-order valence-corrected chi connectivity index (χ1v) is 16.4. The zero-order valence-electron chi connectivity index (χ0n) is 24.9. The molecule has 3 atom stereocenters. The second-order valence-corrected chi connectivity index (χ2v) is 13.4. The van der Waals surface area contributed by atoms with E-state index in [4.69, 9.17) is 9.47 Å². The molecule has 1 fully saturated rings. The van der Waals surface area contributed by atoms with Crippen LogP contribution in [0.15, 0.2) is 72.8 Å². The Morgan fingerprint density at radius 3 is 2.42 bits per heavy atom. The van der Waals surface area contributed by atoms with Crippen LogP contribution in [0, 0.1) is 6.92 Å². The third kappa shape index (κ3) is 9.21. The lowest BCUT2D eigenvalue weighted by Crippen LogP contribution is -2.42. The number of nitrogens with one attached hydrogen (secondary N) is 1. The number of sulfone groups is 1. The maximum Gasteiger partial charge on any atom is 0.326 e. The molecule has 1 heterocycles. The average molecular weight is 609 g/mol. The number of hydrogen-bond acceptors (Lipinski definition) is 7. The lowest BCUT2D eigenvalue weighted by atomic mass is 9.93. The van der Waals surface area contributed by atoms with Crippen LogP contribution in [0.3, 0.4) is 0 Å². The van der Waals surface area contributed by atoms with Crippen molar-refractivity contribution in [3.63, 3.8) is 0 Å². The predicted molar refractivity (Wildman–Crippen MR) is 166 cm³/mol. The summed E-state index contributed by atoms with van der Waals surface area (Å²) in [5.41, 5.74) is 4.95. The summed E-state index contributed by atoms with van der Waals surface area (Å²) in [5.74, 6) is -2.20. The van der Waals surface area contributed by atoms with Crippen LogP contribution in [0.4, 0.5) is 0 Å². The summed E-state index contributed by atoms with van der Waals surface area (Å²) in [5, 5.41) is 12.2. The predicted octanol–water partition coefficient (Wildman–Crippen LogP) is 4.09. The fraction of sp³-hybridized carbons (Fsp3) is 0.394. The van der Waals surface area contributed by atoms with Gasteiger partial charge in [-0.05, 0) is 59.7 Å². The van der Waals surface area contributed by atoms with Gasteiger partial charge >= 0.3 is 5.97 Å². The maximum atomic E-state index is 13.4. The Hall–Kier alpha value is -3.57. The highest BCUT2D eigenvalue weighted by Gasteiger charge is 2.33. The van der Waals surface area contributed by atoms with Gasteiger partial charge in [-0.1, -0.05) is 60.7 Å². The van der Waals surface area contributed by atoms with Gasteiger partial charge in [0.1, 0.15) is 15.9 Å². The van der Waals surface area contributed by atoms with Gasteiger partial charge in [0.2, 0.25) is 0 Å². The van der Waals surface area contributed by atoms with E-state index in [-0.39, 0.29) is 24.3 Å². The summed E-state index contributed by atoms with van der Waals surface area (Å²) in [4.78, 5) is 27.6. The van der Waals surface area contributed by atoms with Crippen molar-refractivity contribution in [2.45, 2.75) is 51.1 Å². The van der Waals surface area contributed by atoms with E-state index in [1.165, 1.54) is 0 Å². The molecular formula is C33H40N2O7S. The highest BCUT2D eigenvalue weighted by molar-refractivity contribution is 7.90. The van der Waals surface area contributed by atoms with Crippen LogP contribution < -0.4 is 5.32 Å². The zero-order valence-corrected chi connectivity index (χ0v) is 25.7. The lowest BCUT2D eigenvalue weighted by molar-refractivity contribution is -0.139. The van der Waals surface area contributed by atoms with Crippen LogP contribution >= 0.6 is 0 Å². The molecule has 0 aromatic heterocycles. The van der Waals surface area contributed by atoms with Gasteiger partial charge in [0, 0.05) is 38.1 Å². The Bertz CT molecular complexity index is 1510. The molecule has 0 spiro atoms. The Balaban J connectivity index is 1.56. The van der Waals surface area contributed by atoms with E-state index >= 15 is 0 Å². The molecule has 9 nitrogen and oxygen atoms in total. The molecule has 0 unspecified atom stereocenters. The molecular weight excluding hydrogens is 568 g/mol. The average Bonchev–Trinajstić information content (AvgIpc) is 3.35. The molecule has 4 rings (SSSR count). The van der Waals surface area contributed by atoms with Gasteiger partial charge in [0.05, 0.1) is 25.1 Å². The number of carbonyl (C=O) groups excluding carboxylic acids is 1. The summed E-state index contributed by atoms with van der Waals surface area (Å²) in [7, 11) is -1.70. The third-order valence-corrected chi connectivity index (χ3v) is 8.68. The molecule has 1 aliphatic heterocycles. The summed E-state index contributed by atoms with van der Waals surface area (Å²) in [6, 6.07) is 22.2. The Kier molecular flexibility index (Phi) is 11.1. The number of aliphatic carboxylic acids is 1. The molecule has 1 saturated heterocycles. The molecule has 230 valence electrons. The van der Waals surface area contributed by atoms with Crippen molar-refractivity contribution in [1.82, 2.24) is 10.2 Å². The highest BCUT2D eigenvalue weighted by Crippen LogP contribution is 2.30. The molecule has 2 N–H and O–H groups in total. The lowest BCUT2D eigenvalue weighted by Gasteiger charge is -2.24. The summed E-state index contributed by atoms with van der Waals surface area (Å²) in [6.07, 6.45) is 1.72. The minimum absolute atomic E-state index is 0.0566. The van der Waals surface area contributed by atoms with Crippen molar-refractivity contribution in [2.75, 3.05) is 32.3 Å². The number of carboxylic acid groups (broad SMARTS) is 1. The largest absolute Gasteiger partial charge is 0.480 e. The van der Waals surface area contributed by atoms with Crippen LogP contribution in [0.5, 0.6) is 0 Å². The van der Waals surface area contributed by atoms with E-state index in [9.17, 15) is 23.1 Å². The van der Waals surface area contributed by atoms with Crippen LogP contribution in [0.1, 0.15) is 39.9 Å². The van der Waals surface area contributed by atoms with Gasteiger partial charge in [-0.25, -0.2) is 13.2 Å². The maximum absolute atomic E-state index is 13.4. The van der Waals surface area contributed by atoms with Gasteiger partial charge in [0.15, 0.2) is 0 Å². The molecule has 0 bridgehead atoms. The van der Waals surface area contributed by atoms with Crippen molar-refractivity contribution >= 4 is 21.7 Å². The van der Waals surface area contributed by atoms with Crippen molar-refractivity contribution in [3.8, 4) is 11.1 Å². The smallest absolute Gasteiger partial charge is 0.326 e. The second kappa shape index (κ2) is 14.7. The number of aryl methyl sites for hydroxylation is 1. The van der Waals surface area contributed by atoms with Crippen LogP contribution in [0.25, 0.3) is 11.1 Å². The standard InChI is InChI=1S/C33H40N2O7S/c1-23-9-7-8-12-28(23)30-17-25(13-14-29(30)32(36)34-31(33(37)38)15-16-43(3,39)40)19-35-20-27(18-26(35)22-41-2)42-21-24-10-5-4-6-11-24/h4-14,17,26-27,31H,15-16,18-22H2,1-3H3,(H,34,36)(H,37,38)/t26-,27+,31+/m1/s1. The van der Waals surface area contributed by atoms with E-state index in [2.05, 4.69) is 22.3 Å². The van der Waals surface area contributed by atoms with Crippen LogP contribution in [-0.4, -0.2) is 80.8 Å². The van der Waals surface area contributed by atoms with Crippen molar-refractivity contribution in [1.29, 1.82) is 0 Å². The molecule has 1 amide bonds. The van der Waals surface area contributed by atoms with Crippen LogP contribution in [0.2, 0.25) is 0 Å². The topological polar surface area (TPSA) is 122 Å². The molecule has 43 heavy (non-hydrogen) atoms. The number of methoxy groups -OCH3 is 1. The fourth-order valence-corrected chi connectivity index (χ4v) is 6.12. The zero-order chi connectivity index (χ0) is 31.0. The van der Waals surface area contributed by atoms with Crippen LogP contribution in [-0.2, 0) is 37.3 Å². The van der Waals surface area contributed by atoms with Gasteiger partial charge in [-0.2, -0.15) is 0 Å². The van der Waals surface area contributed by atoms with Crippen molar-refractivity contribution in [2.24, 2.45) is 0 Å². The molecule has 10 heteroatoms. The molecule has 3 aromatic carbocycles. The number of rotatable bonds is 14. The van der Waals surface area contributed by atoms with E-state index in [1.807, 2.05) is 61.5 Å².